The van der Waals surface area contributed by atoms with Crippen molar-refractivity contribution in [2.45, 2.75) is 6.18 Å². The van der Waals surface area contributed by atoms with Gasteiger partial charge in [-0.25, -0.2) is 4.98 Å². The maximum absolute atomic E-state index is 13.2. The minimum absolute atomic E-state index is 0.00537. The summed E-state index contributed by atoms with van der Waals surface area (Å²) in [4.78, 5) is 8.17. The lowest BCUT2D eigenvalue weighted by Crippen LogP contribution is -2.09. The summed E-state index contributed by atoms with van der Waals surface area (Å²) in [5.41, 5.74) is 5.84. The number of nitrogen functional groups attached to an aromatic ring is 1. The van der Waals surface area contributed by atoms with Crippen LogP contribution >= 0.6 is 0 Å². The summed E-state index contributed by atoms with van der Waals surface area (Å²) in [6.45, 7) is 0.173. The molecule has 1 heterocycles. The molecule has 0 saturated heterocycles. The van der Waals surface area contributed by atoms with Gasteiger partial charge in [-0.2, -0.15) is 18.2 Å². The fourth-order valence-corrected chi connectivity index (χ4v) is 2.61. The van der Waals surface area contributed by atoms with E-state index >= 15 is 0 Å². The van der Waals surface area contributed by atoms with E-state index in [0.717, 1.165) is 6.07 Å². The first-order chi connectivity index (χ1) is 11.9. The zero-order chi connectivity index (χ0) is 18.0. The monoisotopic (exact) mass is 348 g/mol. The first kappa shape index (κ1) is 17.0. The van der Waals surface area contributed by atoms with Gasteiger partial charge in [-0.1, -0.05) is 24.3 Å². The Morgan fingerprint density at radius 2 is 1.84 bits per heavy atom. The van der Waals surface area contributed by atoms with Gasteiger partial charge >= 0.3 is 6.18 Å². The van der Waals surface area contributed by atoms with Crippen LogP contribution in [0, 0.1) is 0 Å². The molecule has 0 atom stereocenters. The van der Waals surface area contributed by atoms with Gasteiger partial charge in [0.15, 0.2) is 0 Å². The summed E-state index contributed by atoms with van der Waals surface area (Å²) in [5, 5.41) is 12.4. The number of anilines is 2. The first-order valence-corrected chi connectivity index (χ1v) is 7.49. The van der Waals surface area contributed by atoms with Gasteiger partial charge < -0.3 is 16.2 Å². The standard InChI is InChI=1S/C17H15F3N4O/c18-17(19,20)13-4-2-1-3-11(13)10-5-6-12-14(9-10)23-16(21)24-15(12)22-7-8-25/h1-6,9,25H,7-8H2,(H3,21,22,23,24). The molecule has 1 aromatic heterocycles. The molecule has 0 saturated carbocycles. The van der Waals surface area contributed by atoms with Crippen LogP contribution in [-0.4, -0.2) is 28.2 Å². The van der Waals surface area contributed by atoms with Gasteiger partial charge in [-0.05, 0) is 29.3 Å². The second-order valence-electron chi connectivity index (χ2n) is 5.36. The number of rotatable bonds is 4. The second-order valence-corrected chi connectivity index (χ2v) is 5.36. The zero-order valence-corrected chi connectivity index (χ0v) is 13.0. The van der Waals surface area contributed by atoms with E-state index in [1.165, 1.54) is 12.1 Å². The fraction of sp³-hybridized carbons (Fsp3) is 0.176. The lowest BCUT2D eigenvalue weighted by Gasteiger charge is -2.14. The molecule has 0 spiro atoms. The highest BCUT2D eigenvalue weighted by Crippen LogP contribution is 2.38. The highest BCUT2D eigenvalue weighted by molar-refractivity contribution is 5.93. The lowest BCUT2D eigenvalue weighted by molar-refractivity contribution is -0.137. The van der Waals surface area contributed by atoms with Crippen LogP contribution in [0.1, 0.15) is 5.56 Å². The maximum Gasteiger partial charge on any atom is 0.417 e. The Morgan fingerprint density at radius 3 is 2.56 bits per heavy atom. The molecule has 25 heavy (non-hydrogen) atoms. The van der Waals surface area contributed by atoms with Crippen molar-refractivity contribution in [3.05, 3.63) is 48.0 Å². The van der Waals surface area contributed by atoms with E-state index < -0.39 is 11.7 Å². The molecule has 0 radical (unpaired) electrons. The van der Waals surface area contributed by atoms with Crippen molar-refractivity contribution in [1.29, 1.82) is 0 Å². The van der Waals surface area contributed by atoms with Crippen molar-refractivity contribution < 1.29 is 18.3 Å². The number of aliphatic hydroxyl groups is 1. The molecule has 0 aliphatic heterocycles. The Bertz CT molecular complexity index is 912. The van der Waals surface area contributed by atoms with E-state index in [2.05, 4.69) is 15.3 Å². The van der Waals surface area contributed by atoms with Crippen molar-refractivity contribution >= 4 is 22.7 Å². The van der Waals surface area contributed by atoms with Crippen LogP contribution in [0.25, 0.3) is 22.0 Å². The highest BCUT2D eigenvalue weighted by Gasteiger charge is 2.33. The van der Waals surface area contributed by atoms with Crippen LogP contribution in [0.15, 0.2) is 42.5 Å². The molecular weight excluding hydrogens is 333 g/mol. The Balaban J connectivity index is 2.15. The lowest BCUT2D eigenvalue weighted by atomic mass is 9.98. The maximum atomic E-state index is 13.2. The minimum Gasteiger partial charge on any atom is -0.395 e. The average molecular weight is 348 g/mol. The van der Waals surface area contributed by atoms with Crippen LogP contribution in [0.4, 0.5) is 24.9 Å². The zero-order valence-electron chi connectivity index (χ0n) is 13.0. The molecule has 5 nitrogen and oxygen atoms in total. The van der Waals surface area contributed by atoms with Crippen molar-refractivity contribution in [3.63, 3.8) is 0 Å². The normalized spacial score (nSPS) is 11.7. The molecule has 3 aromatic rings. The van der Waals surface area contributed by atoms with Crippen molar-refractivity contribution in [1.82, 2.24) is 9.97 Å². The van der Waals surface area contributed by atoms with E-state index in [-0.39, 0.29) is 24.7 Å². The predicted octanol–water partition coefficient (Wildman–Crippen LogP) is 3.30. The van der Waals surface area contributed by atoms with Crippen LogP contribution in [-0.2, 0) is 6.18 Å². The third-order valence-corrected chi connectivity index (χ3v) is 3.66. The number of nitrogens with zero attached hydrogens (tertiary/aromatic N) is 2. The number of aromatic nitrogens is 2. The molecule has 0 fully saturated rings. The van der Waals surface area contributed by atoms with Crippen LogP contribution in [0.2, 0.25) is 0 Å². The molecule has 0 amide bonds. The summed E-state index contributed by atoms with van der Waals surface area (Å²) in [6.07, 6.45) is -4.45. The SMILES string of the molecule is Nc1nc(NCCO)c2ccc(-c3ccccc3C(F)(F)F)cc2n1. The largest absolute Gasteiger partial charge is 0.417 e. The fourth-order valence-electron chi connectivity index (χ4n) is 2.61. The van der Waals surface area contributed by atoms with Crippen molar-refractivity contribution in [3.8, 4) is 11.1 Å². The van der Waals surface area contributed by atoms with E-state index in [4.69, 9.17) is 10.8 Å². The number of aliphatic hydroxyl groups excluding tert-OH is 1. The molecule has 130 valence electrons. The third-order valence-electron chi connectivity index (χ3n) is 3.66. The summed E-state index contributed by atoms with van der Waals surface area (Å²) < 4.78 is 39.7. The van der Waals surface area contributed by atoms with E-state index in [1.807, 2.05) is 0 Å². The molecular formula is C17H15F3N4O. The smallest absolute Gasteiger partial charge is 0.395 e. The number of hydrogen-bond donors (Lipinski definition) is 3. The molecule has 3 rings (SSSR count). The Labute approximate surface area is 141 Å². The summed E-state index contributed by atoms with van der Waals surface area (Å²) in [6, 6.07) is 10.1. The second kappa shape index (κ2) is 6.56. The van der Waals surface area contributed by atoms with Gasteiger partial charge in [0.25, 0.3) is 0 Å². The van der Waals surface area contributed by atoms with Crippen molar-refractivity contribution in [2.24, 2.45) is 0 Å². The molecule has 8 heteroatoms. The number of nitrogens with one attached hydrogen (secondary N) is 1. The molecule has 2 aromatic carbocycles. The first-order valence-electron chi connectivity index (χ1n) is 7.49. The molecule has 0 aliphatic rings. The number of nitrogens with two attached hydrogens (primary N) is 1. The van der Waals surface area contributed by atoms with Gasteiger partial charge in [-0.3, -0.25) is 0 Å². The molecule has 0 unspecified atom stereocenters. The summed E-state index contributed by atoms with van der Waals surface area (Å²) in [5.74, 6) is 0.418. The topological polar surface area (TPSA) is 84.1 Å². The Hall–Kier alpha value is -2.87. The van der Waals surface area contributed by atoms with Gasteiger partial charge in [0.1, 0.15) is 5.82 Å². The number of halogens is 3. The number of benzene rings is 2. The summed E-state index contributed by atoms with van der Waals surface area (Å²) in [7, 11) is 0. The number of hydrogen-bond acceptors (Lipinski definition) is 5. The number of alkyl halides is 3. The van der Waals surface area contributed by atoms with Gasteiger partial charge in [-0.15, -0.1) is 0 Å². The van der Waals surface area contributed by atoms with E-state index in [1.54, 1.807) is 24.3 Å². The predicted molar refractivity (Wildman–Crippen MR) is 90.0 cm³/mol. The van der Waals surface area contributed by atoms with Gasteiger partial charge in [0.2, 0.25) is 5.95 Å². The minimum atomic E-state index is -4.45. The van der Waals surface area contributed by atoms with Crippen LogP contribution in [0.5, 0.6) is 0 Å². The average Bonchev–Trinajstić information content (AvgIpc) is 2.58. The Kier molecular flexibility index (Phi) is 4.45. The van der Waals surface area contributed by atoms with Crippen LogP contribution in [0.3, 0.4) is 0 Å². The Morgan fingerprint density at radius 1 is 1.08 bits per heavy atom. The van der Waals surface area contributed by atoms with Gasteiger partial charge in [0, 0.05) is 11.9 Å². The molecule has 0 bridgehead atoms. The van der Waals surface area contributed by atoms with Crippen molar-refractivity contribution in [2.75, 3.05) is 24.2 Å². The van der Waals surface area contributed by atoms with E-state index in [9.17, 15) is 13.2 Å². The third kappa shape index (κ3) is 3.48. The molecule has 0 aliphatic carbocycles. The summed E-state index contributed by atoms with van der Waals surface area (Å²) >= 11 is 0. The quantitative estimate of drug-likeness (QED) is 0.674. The van der Waals surface area contributed by atoms with Gasteiger partial charge in [0.05, 0.1) is 17.7 Å². The molecule has 4 N–H and O–H groups in total. The number of fused-ring (bicyclic) bond motifs is 1. The van der Waals surface area contributed by atoms with Crippen LogP contribution < -0.4 is 11.1 Å². The van der Waals surface area contributed by atoms with E-state index in [0.29, 0.717) is 22.3 Å². The highest BCUT2D eigenvalue weighted by atomic mass is 19.4.